The molecule has 6 radical (unpaired) electrons. The molecule has 1 fully saturated rings. The monoisotopic (exact) mass is 242 g/mol. The van der Waals surface area contributed by atoms with Crippen molar-refractivity contribution in [3.8, 4) is 0 Å². The molecule has 1 rings (SSSR count). The van der Waals surface area contributed by atoms with E-state index in [9.17, 15) is 5.11 Å². The Morgan fingerprint density at radius 1 is 1.12 bits per heavy atom. The number of hydrogen-bond donors (Lipinski definition) is 2. The summed E-state index contributed by atoms with van der Waals surface area (Å²) in [4.78, 5) is 4.30. The van der Waals surface area contributed by atoms with Gasteiger partial charge in [-0.25, -0.2) is 5.26 Å². The van der Waals surface area contributed by atoms with Crippen molar-refractivity contribution in [1.29, 1.82) is 0 Å². The summed E-state index contributed by atoms with van der Waals surface area (Å²) in [5, 5.41) is 21.4. The van der Waals surface area contributed by atoms with Crippen LogP contribution < -0.4 is 0 Å². The van der Waals surface area contributed by atoms with Crippen molar-refractivity contribution in [3.63, 3.8) is 0 Å². The minimum Gasteiger partial charge on any atom is -0.445 e. The molecular weight excluding hydrogens is 232 g/mol. The minimum absolute atomic E-state index is 0.151. The van der Waals surface area contributed by atoms with Crippen LogP contribution in [0.2, 0.25) is 0 Å². The lowest BCUT2D eigenvalue weighted by molar-refractivity contribution is -0.544. The summed E-state index contributed by atoms with van der Waals surface area (Å²) >= 11 is 0. The maximum atomic E-state index is 9.82. The highest BCUT2D eigenvalue weighted by Crippen LogP contribution is 2.25. The topological polar surface area (TPSA) is 95.8 Å². The Morgan fingerprint density at radius 2 is 1.76 bits per heavy atom. The van der Waals surface area contributed by atoms with Crippen LogP contribution in [-0.4, -0.2) is 71.8 Å². The Kier molecular flexibility index (Phi) is 6.45. The lowest BCUT2D eigenvalue weighted by atomic mass is 9.98. The predicted molar refractivity (Wildman–Crippen MR) is 52.4 cm³/mol. The molecule has 0 bridgehead atoms. The molecule has 11 heteroatoms. The molecule has 0 amide bonds. The van der Waals surface area contributed by atoms with Crippen molar-refractivity contribution in [2.24, 2.45) is 0 Å². The molecule has 0 spiro atoms. The number of rotatable bonds is 6. The molecule has 1 aliphatic heterocycles. The van der Waals surface area contributed by atoms with Crippen LogP contribution in [0.4, 0.5) is 0 Å². The highest BCUT2D eigenvalue weighted by atomic mass is 17.5. The summed E-state index contributed by atoms with van der Waals surface area (Å²) in [6.07, 6.45) is -5.69. The van der Waals surface area contributed by atoms with E-state index in [-0.39, 0.29) is 6.61 Å². The maximum Gasteiger partial charge on any atom is 0.283 e. The SMILES string of the molecule is [B]OCC1OC(OOO)C(O[B])C(O)C1O[B]. The van der Waals surface area contributed by atoms with E-state index < -0.39 is 30.7 Å². The average molecular weight is 242 g/mol. The van der Waals surface area contributed by atoms with E-state index in [2.05, 4.69) is 23.9 Å². The van der Waals surface area contributed by atoms with Gasteiger partial charge in [0.05, 0.1) is 12.7 Å². The van der Waals surface area contributed by atoms with Crippen molar-refractivity contribution in [3.05, 3.63) is 0 Å². The number of hydrogen-bond acceptors (Lipinski definition) is 8. The Morgan fingerprint density at radius 3 is 2.24 bits per heavy atom. The number of aliphatic hydroxyl groups is 1. The van der Waals surface area contributed by atoms with Gasteiger partial charge >= 0.3 is 0 Å². The normalized spacial score (nSPS) is 38.1. The van der Waals surface area contributed by atoms with Gasteiger partial charge in [0.2, 0.25) is 6.29 Å². The van der Waals surface area contributed by atoms with E-state index in [0.29, 0.717) is 0 Å². The molecule has 0 aromatic carbocycles. The second-order valence-electron chi connectivity index (χ2n) is 3.24. The van der Waals surface area contributed by atoms with E-state index in [4.69, 9.17) is 34.1 Å². The van der Waals surface area contributed by atoms with Crippen LogP contribution in [0.15, 0.2) is 0 Å². The van der Waals surface area contributed by atoms with Gasteiger partial charge in [-0.2, -0.15) is 4.89 Å². The minimum atomic E-state index is -1.31. The zero-order chi connectivity index (χ0) is 12.8. The van der Waals surface area contributed by atoms with Gasteiger partial charge in [-0.05, 0) is 0 Å². The Bertz CT molecular complexity index is 197. The highest BCUT2D eigenvalue weighted by Gasteiger charge is 2.46. The standard InChI is InChI=1S/C6H9B3O8/c7-12-1-2-4(14-8)3(10)5(15-9)6(13-2)16-17-11/h2-6,10-11H,1H2. The third-order valence-corrected chi connectivity index (χ3v) is 2.33. The average Bonchev–Trinajstić information content (AvgIpc) is 2.30. The van der Waals surface area contributed by atoms with Gasteiger partial charge in [-0.15, -0.1) is 0 Å². The molecule has 17 heavy (non-hydrogen) atoms. The first-order valence-corrected chi connectivity index (χ1v) is 4.52. The lowest BCUT2D eigenvalue weighted by Crippen LogP contribution is -2.60. The van der Waals surface area contributed by atoms with Crippen molar-refractivity contribution in [2.75, 3.05) is 6.61 Å². The zero-order valence-corrected chi connectivity index (χ0v) is 8.67. The smallest absolute Gasteiger partial charge is 0.283 e. The molecule has 8 nitrogen and oxygen atoms in total. The fourth-order valence-corrected chi connectivity index (χ4v) is 1.56. The lowest BCUT2D eigenvalue weighted by Gasteiger charge is -2.42. The van der Waals surface area contributed by atoms with Crippen LogP contribution in [0.3, 0.4) is 0 Å². The van der Waals surface area contributed by atoms with E-state index in [1.54, 1.807) is 0 Å². The summed E-state index contributed by atoms with van der Waals surface area (Å²) in [7, 11) is 14.8. The van der Waals surface area contributed by atoms with Crippen LogP contribution in [0.5, 0.6) is 0 Å². The fraction of sp³-hybridized carbons (Fsp3) is 1.00. The summed E-state index contributed by atoms with van der Waals surface area (Å²) < 4.78 is 18.5. The summed E-state index contributed by atoms with van der Waals surface area (Å²) in [5.74, 6) is 0. The summed E-state index contributed by atoms with van der Waals surface area (Å²) in [6, 6.07) is 0. The first-order chi connectivity index (χ1) is 8.19. The summed E-state index contributed by atoms with van der Waals surface area (Å²) in [5.41, 5.74) is 0. The van der Waals surface area contributed by atoms with Crippen molar-refractivity contribution in [2.45, 2.75) is 30.7 Å². The molecule has 2 N–H and O–H groups in total. The van der Waals surface area contributed by atoms with Gasteiger partial charge in [-0.1, -0.05) is 5.04 Å². The number of ether oxygens (including phenoxy) is 1. The molecule has 0 saturated carbocycles. The summed E-state index contributed by atoms with van der Waals surface area (Å²) in [6.45, 7) is -0.151. The molecule has 90 valence electrons. The maximum absolute atomic E-state index is 9.82. The highest BCUT2D eigenvalue weighted by molar-refractivity contribution is 5.98. The van der Waals surface area contributed by atoms with Gasteiger partial charge in [0.1, 0.15) is 18.3 Å². The van der Waals surface area contributed by atoms with E-state index in [1.165, 1.54) is 0 Å². The largest absolute Gasteiger partial charge is 0.445 e. The van der Waals surface area contributed by atoms with Gasteiger partial charge < -0.3 is 23.8 Å². The number of aliphatic hydroxyl groups excluding tert-OH is 1. The van der Waals surface area contributed by atoms with Crippen molar-refractivity contribution in [1.82, 2.24) is 0 Å². The van der Waals surface area contributed by atoms with Crippen molar-refractivity contribution < 1.29 is 39.0 Å². The zero-order valence-electron chi connectivity index (χ0n) is 8.67. The molecule has 1 heterocycles. The van der Waals surface area contributed by atoms with E-state index in [0.717, 1.165) is 0 Å². The molecule has 1 aliphatic rings. The second-order valence-corrected chi connectivity index (χ2v) is 3.24. The molecule has 0 aromatic rings. The Balaban J connectivity index is 2.76. The molecule has 0 aliphatic carbocycles. The van der Waals surface area contributed by atoms with Gasteiger partial charge in [-0.3, -0.25) is 0 Å². The molecule has 5 atom stereocenters. The molecule has 5 unspecified atom stereocenters. The van der Waals surface area contributed by atoms with Gasteiger partial charge in [0.25, 0.3) is 24.1 Å². The van der Waals surface area contributed by atoms with E-state index >= 15 is 0 Å². The molecule has 1 saturated heterocycles. The van der Waals surface area contributed by atoms with Crippen LogP contribution in [0, 0.1) is 0 Å². The third-order valence-electron chi connectivity index (χ3n) is 2.33. The van der Waals surface area contributed by atoms with E-state index in [1.807, 2.05) is 0 Å². The quantitative estimate of drug-likeness (QED) is 0.300. The second kappa shape index (κ2) is 7.34. The Labute approximate surface area is 101 Å². The van der Waals surface area contributed by atoms with Gasteiger partial charge in [0, 0.05) is 0 Å². The van der Waals surface area contributed by atoms with Crippen LogP contribution in [0.25, 0.3) is 0 Å². The van der Waals surface area contributed by atoms with Gasteiger partial charge in [0.15, 0.2) is 0 Å². The first kappa shape index (κ1) is 14.9. The van der Waals surface area contributed by atoms with Crippen LogP contribution in [-0.2, 0) is 28.6 Å². The predicted octanol–water partition coefficient (Wildman–Crippen LogP) is -2.47. The fourth-order valence-electron chi connectivity index (χ4n) is 1.56. The van der Waals surface area contributed by atoms with Crippen molar-refractivity contribution >= 4 is 24.1 Å². The molecular formula is C6H9B3O8. The van der Waals surface area contributed by atoms with Crippen LogP contribution >= 0.6 is 0 Å². The Hall–Kier alpha value is -0.125. The molecule has 0 aromatic heterocycles. The third kappa shape index (κ3) is 3.42. The first-order valence-electron chi connectivity index (χ1n) is 4.52. The van der Waals surface area contributed by atoms with Crippen LogP contribution in [0.1, 0.15) is 0 Å².